The van der Waals surface area contributed by atoms with E-state index in [9.17, 15) is 4.79 Å². The summed E-state index contributed by atoms with van der Waals surface area (Å²) < 4.78 is 1.55. The van der Waals surface area contributed by atoms with Crippen molar-refractivity contribution in [2.24, 2.45) is 7.05 Å². The highest BCUT2D eigenvalue weighted by atomic mass is 28.2. The number of nitrogens with zero attached hydrogens (tertiary/aromatic N) is 2. The zero-order chi connectivity index (χ0) is 7.56. The summed E-state index contributed by atoms with van der Waals surface area (Å²) in [4.78, 5) is 13.6. The molecule has 1 aromatic heterocycles. The van der Waals surface area contributed by atoms with Crippen LogP contribution in [0.15, 0.2) is 12.3 Å². The van der Waals surface area contributed by atoms with E-state index >= 15 is 0 Å². The Bertz CT molecular complexity index is 245. The minimum Gasteiger partial charge on any atom is -0.385 e. The lowest BCUT2D eigenvalue weighted by Gasteiger charge is -1.97. The van der Waals surface area contributed by atoms with Crippen LogP contribution in [0.4, 0.5) is 0 Å². The largest absolute Gasteiger partial charge is 0.385 e. The van der Waals surface area contributed by atoms with E-state index in [1.54, 1.807) is 24.0 Å². The van der Waals surface area contributed by atoms with Crippen LogP contribution >= 0.6 is 0 Å². The molecule has 1 heterocycles. The van der Waals surface area contributed by atoms with Crippen LogP contribution in [-0.4, -0.2) is 26.1 Å². The zero-order valence-corrected chi connectivity index (χ0v) is 7.96. The molecule has 0 unspecified atom stereocenters. The van der Waals surface area contributed by atoms with E-state index in [0.717, 1.165) is 0 Å². The van der Waals surface area contributed by atoms with Gasteiger partial charge in [-0.3, -0.25) is 9.48 Å². The topological polar surface area (TPSA) is 46.9 Å². The van der Waals surface area contributed by atoms with Crippen molar-refractivity contribution in [3.63, 3.8) is 0 Å². The van der Waals surface area contributed by atoms with Gasteiger partial charge in [-0.25, -0.2) is 0 Å². The van der Waals surface area contributed by atoms with Crippen molar-refractivity contribution in [1.29, 1.82) is 0 Å². The van der Waals surface area contributed by atoms with Gasteiger partial charge in [0.05, 0.1) is 0 Å². The molecule has 1 aromatic rings. The summed E-state index contributed by atoms with van der Waals surface area (Å²) in [5.74, 6) is -0.0494. The molecule has 0 aliphatic carbocycles. The number of hydrogen-bond acceptors (Lipinski definition) is 2. The number of hydrogen-bond donors (Lipinski definition) is 1. The Kier molecular flexibility index (Phi) is 1.86. The van der Waals surface area contributed by atoms with E-state index in [-0.39, 0.29) is 5.91 Å². The quantitative estimate of drug-likeness (QED) is 0.498. The number of amides is 1. The van der Waals surface area contributed by atoms with Gasteiger partial charge in [0, 0.05) is 13.2 Å². The molecule has 0 aliphatic heterocycles. The second kappa shape index (κ2) is 2.65. The molecule has 5 heteroatoms. The Morgan fingerprint density at radius 2 is 2.60 bits per heavy atom. The summed E-state index contributed by atoms with van der Waals surface area (Å²) in [6.07, 6.45) is 1.60. The van der Waals surface area contributed by atoms with Gasteiger partial charge in [0.1, 0.15) is 16.1 Å². The maximum Gasteiger partial charge on any atom is 0.261 e. The van der Waals surface area contributed by atoms with Crippen LogP contribution in [-0.2, 0) is 7.05 Å². The molecule has 0 bridgehead atoms. The Labute approximate surface area is 61.7 Å². The number of nitrogens with one attached hydrogen (secondary N) is 1. The molecule has 0 fully saturated rings. The van der Waals surface area contributed by atoms with E-state index < -0.39 is 0 Å². The fourth-order valence-electron chi connectivity index (χ4n) is 0.725. The van der Waals surface area contributed by atoms with Crippen LogP contribution in [0.3, 0.4) is 0 Å². The molecule has 1 N–H and O–H groups in total. The summed E-state index contributed by atoms with van der Waals surface area (Å²) in [5, 5.41) is 3.86. The van der Waals surface area contributed by atoms with Gasteiger partial charge in [-0.1, -0.05) is 0 Å². The van der Waals surface area contributed by atoms with Crippen LogP contribution in [0.5, 0.6) is 0 Å². The maximum absolute atomic E-state index is 11.0. The third kappa shape index (κ3) is 1.08. The lowest BCUT2D eigenvalue weighted by Crippen LogP contribution is -2.22. The molecule has 0 radical (unpaired) electrons. The van der Waals surface area contributed by atoms with Crippen LogP contribution in [0.1, 0.15) is 10.5 Å². The van der Waals surface area contributed by atoms with Gasteiger partial charge in [0.15, 0.2) is 0 Å². The molecular weight excluding hydrogens is 146 g/mol. The highest BCUT2D eigenvalue weighted by Crippen LogP contribution is 1.93. The molecule has 10 heavy (non-hydrogen) atoms. The van der Waals surface area contributed by atoms with Crippen molar-refractivity contribution in [3.05, 3.63) is 18.0 Å². The average molecular weight is 155 g/mol. The first-order valence-electron chi connectivity index (χ1n) is 2.96. The second-order valence-electron chi connectivity index (χ2n) is 1.92. The van der Waals surface area contributed by atoms with E-state index in [4.69, 9.17) is 0 Å². The van der Waals surface area contributed by atoms with Gasteiger partial charge in [-0.2, -0.15) is 5.10 Å². The summed E-state index contributed by atoms with van der Waals surface area (Å²) in [6, 6.07) is 1.69. The molecule has 0 aliphatic rings. The molecule has 0 saturated carbocycles. The molecule has 4 nitrogen and oxygen atoms in total. The fourth-order valence-corrected chi connectivity index (χ4v) is 0.981. The SMILES string of the molecule is Cn1nccc1C(=O)N[SiH3]. The number of rotatable bonds is 1. The second-order valence-corrected chi connectivity index (χ2v) is 2.42. The maximum atomic E-state index is 11.0. The minimum atomic E-state index is -0.0494. The third-order valence-corrected chi connectivity index (χ3v) is 1.73. The van der Waals surface area contributed by atoms with E-state index in [0.29, 0.717) is 16.1 Å². The number of aryl methyl sites for hydroxylation is 1. The van der Waals surface area contributed by atoms with Crippen molar-refractivity contribution in [2.75, 3.05) is 0 Å². The van der Waals surface area contributed by atoms with Gasteiger partial charge in [0.25, 0.3) is 5.91 Å². The van der Waals surface area contributed by atoms with Crippen molar-refractivity contribution in [1.82, 2.24) is 14.8 Å². The molecule has 0 spiro atoms. The van der Waals surface area contributed by atoms with Crippen molar-refractivity contribution in [3.8, 4) is 0 Å². The first-order chi connectivity index (χ1) is 4.75. The van der Waals surface area contributed by atoms with Crippen LogP contribution in [0, 0.1) is 0 Å². The van der Waals surface area contributed by atoms with Crippen LogP contribution < -0.4 is 4.98 Å². The Balaban J connectivity index is 2.93. The Hall–Kier alpha value is -1.10. The van der Waals surface area contributed by atoms with E-state index in [1.807, 2.05) is 0 Å². The standard InChI is InChI=1S/C5H9N3OSi/c1-8-4(2-3-6-8)5(9)7-10/h2-3H,1,10H3,(H,7,9). The van der Waals surface area contributed by atoms with Gasteiger partial charge in [-0.15, -0.1) is 0 Å². The first-order valence-corrected chi connectivity index (χ1v) is 3.96. The molecule has 0 aromatic carbocycles. The summed E-state index contributed by atoms with van der Waals surface area (Å²) >= 11 is 0. The summed E-state index contributed by atoms with van der Waals surface area (Å²) in [7, 11) is 2.42. The smallest absolute Gasteiger partial charge is 0.261 e. The molecule has 1 amide bonds. The number of carbonyl (C=O) groups is 1. The van der Waals surface area contributed by atoms with Crippen LogP contribution in [0.25, 0.3) is 0 Å². The number of aromatic nitrogens is 2. The van der Waals surface area contributed by atoms with Gasteiger partial charge in [-0.05, 0) is 6.07 Å². The van der Waals surface area contributed by atoms with Gasteiger partial charge < -0.3 is 4.98 Å². The molecule has 54 valence electrons. The van der Waals surface area contributed by atoms with Crippen molar-refractivity contribution < 1.29 is 4.79 Å². The Morgan fingerprint density at radius 3 is 3.00 bits per heavy atom. The predicted molar refractivity (Wildman–Crippen MR) is 40.6 cm³/mol. The highest BCUT2D eigenvalue weighted by molar-refractivity contribution is 6.17. The Morgan fingerprint density at radius 1 is 1.90 bits per heavy atom. The lowest BCUT2D eigenvalue weighted by molar-refractivity contribution is 0.0972. The molecule has 0 saturated heterocycles. The van der Waals surface area contributed by atoms with Crippen molar-refractivity contribution >= 4 is 16.3 Å². The van der Waals surface area contributed by atoms with Crippen LogP contribution in [0.2, 0.25) is 0 Å². The summed E-state index contributed by atoms with van der Waals surface area (Å²) in [5.41, 5.74) is 0.606. The lowest BCUT2D eigenvalue weighted by atomic mass is 10.4. The van der Waals surface area contributed by atoms with Gasteiger partial charge in [0.2, 0.25) is 0 Å². The third-order valence-electron chi connectivity index (χ3n) is 1.28. The average Bonchev–Trinajstić information content (AvgIpc) is 2.34. The molecule has 0 atom stereocenters. The zero-order valence-electron chi connectivity index (χ0n) is 5.96. The minimum absolute atomic E-state index is 0.0494. The molecular formula is C5H9N3OSi. The van der Waals surface area contributed by atoms with Crippen molar-refractivity contribution in [2.45, 2.75) is 0 Å². The summed E-state index contributed by atoms with van der Waals surface area (Å²) in [6.45, 7) is 0. The monoisotopic (exact) mass is 155 g/mol. The van der Waals surface area contributed by atoms with E-state index in [1.165, 1.54) is 0 Å². The molecule has 1 rings (SSSR count). The highest BCUT2D eigenvalue weighted by Gasteiger charge is 2.04. The van der Waals surface area contributed by atoms with Gasteiger partial charge >= 0.3 is 0 Å². The normalized spacial score (nSPS) is 9.70. The number of carbonyl (C=O) groups excluding carboxylic acids is 1. The predicted octanol–water partition coefficient (Wildman–Crippen LogP) is -1.57. The first kappa shape index (κ1) is 7.01. The fraction of sp³-hybridized carbons (Fsp3) is 0.200. The van der Waals surface area contributed by atoms with E-state index in [2.05, 4.69) is 10.1 Å².